The van der Waals surface area contributed by atoms with E-state index in [0.717, 1.165) is 33.0 Å². The van der Waals surface area contributed by atoms with Gasteiger partial charge in [-0.25, -0.2) is 4.79 Å². The van der Waals surface area contributed by atoms with Crippen molar-refractivity contribution in [3.63, 3.8) is 0 Å². The van der Waals surface area contributed by atoms with E-state index in [1.165, 1.54) is 26.2 Å². The highest BCUT2D eigenvalue weighted by atomic mass is 32.2. The number of hydrogen-bond acceptors (Lipinski definition) is 5. The first-order valence-electron chi connectivity index (χ1n) is 6.92. The van der Waals surface area contributed by atoms with Crippen LogP contribution in [0.3, 0.4) is 0 Å². The van der Waals surface area contributed by atoms with Gasteiger partial charge in [0.15, 0.2) is 5.78 Å². The van der Waals surface area contributed by atoms with Gasteiger partial charge < -0.3 is 5.73 Å². The first-order chi connectivity index (χ1) is 11.5. The average molecular weight is 373 g/mol. The summed E-state index contributed by atoms with van der Waals surface area (Å²) in [4.78, 5) is 36.3. The van der Waals surface area contributed by atoms with Crippen LogP contribution >= 0.6 is 11.8 Å². The summed E-state index contributed by atoms with van der Waals surface area (Å²) >= 11 is 0.846. The third kappa shape index (κ3) is 3.78. The molecule has 0 bridgehead atoms. The number of rotatable bonds is 4. The Labute approximate surface area is 144 Å². The van der Waals surface area contributed by atoms with Crippen molar-refractivity contribution >= 4 is 23.4 Å². The summed E-state index contributed by atoms with van der Waals surface area (Å²) < 4.78 is 39.8. The van der Waals surface area contributed by atoms with Gasteiger partial charge in [0, 0.05) is 19.0 Å². The predicted molar refractivity (Wildman–Crippen MR) is 87.8 cm³/mol. The predicted octanol–water partition coefficient (Wildman–Crippen LogP) is 1.66. The van der Waals surface area contributed by atoms with Gasteiger partial charge in [0.25, 0.3) is 5.56 Å². The second-order valence-corrected chi connectivity index (χ2v) is 6.25. The molecule has 0 fully saturated rings. The quantitative estimate of drug-likeness (QED) is 0.651. The third-order valence-electron chi connectivity index (χ3n) is 3.52. The number of halogens is 3. The molecule has 25 heavy (non-hydrogen) atoms. The summed E-state index contributed by atoms with van der Waals surface area (Å²) in [5, 5.41) is 0. The lowest BCUT2D eigenvalue weighted by Crippen LogP contribution is -2.41. The Morgan fingerprint density at radius 2 is 1.84 bits per heavy atom. The maximum absolute atomic E-state index is 12.7. The van der Waals surface area contributed by atoms with E-state index in [4.69, 9.17) is 5.73 Å². The zero-order valence-corrected chi connectivity index (χ0v) is 14.1. The first-order valence-corrected chi connectivity index (χ1v) is 7.91. The Morgan fingerprint density at radius 1 is 1.20 bits per heavy atom. The van der Waals surface area contributed by atoms with Crippen molar-refractivity contribution < 1.29 is 18.0 Å². The monoisotopic (exact) mass is 373 g/mol. The molecule has 0 aliphatic carbocycles. The molecule has 0 aliphatic rings. The Hall–Kier alpha value is -2.49. The summed E-state index contributed by atoms with van der Waals surface area (Å²) in [7, 11) is 2.52. The van der Waals surface area contributed by atoms with Gasteiger partial charge in [-0.15, -0.1) is 11.8 Å². The lowest BCUT2D eigenvalue weighted by atomic mass is 10.2. The summed E-state index contributed by atoms with van der Waals surface area (Å²) in [5.41, 5.74) is 2.97. The fraction of sp³-hybridized carbons (Fsp3) is 0.267. The number of nitrogens with zero attached hydrogens (tertiary/aromatic N) is 2. The van der Waals surface area contributed by atoms with Crippen molar-refractivity contribution in [1.29, 1.82) is 0 Å². The van der Waals surface area contributed by atoms with E-state index in [1.807, 2.05) is 0 Å². The van der Waals surface area contributed by atoms with Crippen molar-refractivity contribution in [2.24, 2.45) is 14.1 Å². The molecule has 0 amide bonds. The highest BCUT2D eigenvalue weighted by Crippen LogP contribution is 2.32. The number of anilines is 1. The maximum atomic E-state index is 12.7. The number of thioether (sulfide) groups is 1. The maximum Gasteiger partial charge on any atom is 0.416 e. The minimum atomic E-state index is -4.49. The largest absolute Gasteiger partial charge is 0.416 e. The summed E-state index contributed by atoms with van der Waals surface area (Å²) in [6.45, 7) is 0. The summed E-state index contributed by atoms with van der Waals surface area (Å²) in [6, 6.07) is 4.50. The molecule has 6 nitrogen and oxygen atoms in total. The summed E-state index contributed by atoms with van der Waals surface area (Å²) in [6.07, 6.45) is -4.49. The van der Waals surface area contributed by atoms with E-state index in [-0.39, 0.29) is 22.0 Å². The minimum Gasteiger partial charge on any atom is -0.384 e. The molecular weight excluding hydrogens is 359 g/mol. The highest BCUT2D eigenvalue weighted by Gasteiger charge is 2.30. The van der Waals surface area contributed by atoms with Crippen molar-refractivity contribution in [2.45, 2.75) is 11.1 Å². The van der Waals surface area contributed by atoms with Crippen LogP contribution in [0.25, 0.3) is 0 Å². The average Bonchev–Trinajstić information content (AvgIpc) is 2.56. The molecule has 0 aliphatic heterocycles. The second kappa shape index (κ2) is 6.79. The lowest BCUT2D eigenvalue weighted by molar-refractivity contribution is -0.137. The van der Waals surface area contributed by atoms with Crippen LogP contribution < -0.4 is 17.0 Å². The van der Waals surface area contributed by atoms with Crippen LogP contribution in [0.4, 0.5) is 19.0 Å². The topological polar surface area (TPSA) is 87.1 Å². The fourth-order valence-electron chi connectivity index (χ4n) is 2.11. The van der Waals surface area contributed by atoms with Crippen molar-refractivity contribution in [2.75, 3.05) is 11.5 Å². The Kier molecular flexibility index (Phi) is 5.12. The standard InChI is InChI=1S/C15H14F3N3O3S/c1-20-12(19)11(13(23)21(2)14(20)24)10(22)7-25-9-5-3-4-8(6-9)15(16,17)18/h3-6H,7,19H2,1-2H3. The van der Waals surface area contributed by atoms with Gasteiger partial charge in [0.1, 0.15) is 11.4 Å². The van der Waals surface area contributed by atoms with Crippen molar-refractivity contribution in [3.05, 3.63) is 56.2 Å². The highest BCUT2D eigenvalue weighted by molar-refractivity contribution is 8.00. The van der Waals surface area contributed by atoms with Gasteiger partial charge in [-0.1, -0.05) is 6.07 Å². The van der Waals surface area contributed by atoms with Gasteiger partial charge in [0.05, 0.1) is 11.3 Å². The molecule has 2 aromatic rings. The number of hydrogen-bond donors (Lipinski definition) is 1. The molecule has 0 radical (unpaired) electrons. The smallest absolute Gasteiger partial charge is 0.384 e. The SMILES string of the molecule is Cn1c(N)c(C(=O)CSc2cccc(C(F)(F)F)c2)c(=O)n(C)c1=O. The number of benzene rings is 1. The molecule has 0 saturated heterocycles. The molecule has 0 unspecified atom stereocenters. The number of carbonyl (C=O) groups excluding carboxylic acids is 1. The van der Waals surface area contributed by atoms with Gasteiger partial charge in [-0.3, -0.25) is 18.7 Å². The first kappa shape index (κ1) is 18.8. The van der Waals surface area contributed by atoms with E-state index in [1.54, 1.807) is 0 Å². The zero-order chi connectivity index (χ0) is 18.9. The number of nitrogens with two attached hydrogens (primary N) is 1. The zero-order valence-electron chi connectivity index (χ0n) is 13.3. The van der Waals surface area contributed by atoms with E-state index < -0.39 is 28.8 Å². The molecule has 2 N–H and O–H groups in total. The molecule has 2 rings (SSSR count). The van der Waals surface area contributed by atoms with Crippen LogP contribution in [0.5, 0.6) is 0 Å². The van der Waals surface area contributed by atoms with Crippen molar-refractivity contribution in [3.8, 4) is 0 Å². The van der Waals surface area contributed by atoms with Gasteiger partial charge in [-0.05, 0) is 18.2 Å². The fourth-order valence-corrected chi connectivity index (χ4v) is 2.93. The van der Waals surface area contributed by atoms with E-state index in [9.17, 15) is 27.6 Å². The molecule has 1 aromatic carbocycles. The minimum absolute atomic E-state index is 0.225. The lowest BCUT2D eigenvalue weighted by Gasteiger charge is -2.11. The second-order valence-electron chi connectivity index (χ2n) is 5.20. The molecule has 0 saturated carbocycles. The van der Waals surface area contributed by atoms with E-state index in [0.29, 0.717) is 0 Å². The summed E-state index contributed by atoms with van der Waals surface area (Å²) in [5.74, 6) is -1.24. The van der Waals surface area contributed by atoms with Gasteiger partial charge >= 0.3 is 11.9 Å². The van der Waals surface area contributed by atoms with Crippen LogP contribution in [0.15, 0.2) is 38.8 Å². The van der Waals surface area contributed by atoms with Crippen molar-refractivity contribution in [1.82, 2.24) is 9.13 Å². The van der Waals surface area contributed by atoms with Crippen LogP contribution in [-0.2, 0) is 20.3 Å². The van der Waals surface area contributed by atoms with E-state index >= 15 is 0 Å². The Bertz CT molecular complexity index is 948. The molecule has 0 spiro atoms. The number of ketones is 1. The third-order valence-corrected chi connectivity index (χ3v) is 4.51. The Morgan fingerprint density at radius 3 is 2.44 bits per heavy atom. The number of alkyl halides is 3. The normalized spacial score (nSPS) is 11.6. The molecule has 1 heterocycles. The number of aromatic nitrogens is 2. The Balaban J connectivity index is 2.28. The van der Waals surface area contributed by atoms with Gasteiger partial charge in [-0.2, -0.15) is 13.2 Å². The molecular formula is C15H14F3N3O3S. The number of nitrogen functional groups attached to an aromatic ring is 1. The van der Waals surface area contributed by atoms with Crippen LogP contribution in [0.1, 0.15) is 15.9 Å². The molecule has 10 heteroatoms. The van der Waals surface area contributed by atoms with Crippen LogP contribution in [0, 0.1) is 0 Å². The van der Waals surface area contributed by atoms with Crippen LogP contribution in [0.2, 0.25) is 0 Å². The van der Waals surface area contributed by atoms with E-state index in [2.05, 4.69) is 0 Å². The number of Topliss-reactive ketones (excluding diaryl/α,β-unsaturated/α-hetero) is 1. The molecule has 0 atom stereocenters. The molecule has 134 valence electrons. The number of carbonyl (C=O) groups is 1. The molecule has 1 aromatic heterocycles. The van der Waals surface area contributed by atoms with Gasteiger partial charge in [0.2, 0.25) is 0 Å². The van der Waals surface area contributed by atoms with Crippen LogP contribution in [-0.4, -0.2) is 20.7 Å².